The van der Waals surface area contributed by atoms with Crippen LogP contribution >= 0.6 is 0 Å². The molecule has 3 rings (SSSR count). The quantitative estimate of drug-likeness (QED) is 0.606. The predicted octanol–water partition coefficient (Wildman–Crippen LogP) is 4.33. The van der Waals surface area contributed by atoms with Gasteiger partial charge in [-0.3, -0.25) is 4.79 Å². The van der Waals surface area contributed by atoms with Gasteiger partial charge in [0.1, 0.15) is 11.4 Å². The fourth-order valence-electron chi connectivity index (χ4n) is 4.16. The third-order valence-electron chi connectivity index (χ3n) is 5.99. The van der Waals surface area contributed by atoms with Crippen LogP contribution in [0.15, 0.2) is 24.3 Å². The SMILES string of the molecule is CCOC(C)(C(=O)Nc1ccc(OCCCN2CCCC(C)C2)cc1)C1CC1. The summed E-state index contributed by atoms with van der Waals surface area (Å²) in [7, 11) is 0. The van der Waals surface area contributed by atoms with Crippen molar-refractivity contribution in [2.24, 2.45) is 11.8 Å². The van der Waals surface area contributed by atoms with Crippen LogP contribution in [0.2, 0.25) is 0 Å². The van der Waals surface area contributed by atoms with Gasteiger partial charge in [-0.05, 0) is 88.6 Å². The summed E-state index contributed by atoms with van der Waals surface area (Å²) in [5.74, 6) is 1.95. The van der Waals surface area contributed by atoms with Crippen LogP contribution < -0.4 is 10.1 Å². The predicted molar refractivity (Wildman–Crippen MR) is 113 cm³/mol. The summed E-state index contributed by atoms with van der Waals surface area (Å²) in [4.78, 5) is 15.2. The van der Waals surface area contributed by atoms with Gasteiger partial charge in [0.05, 0.1) is 6.61 Å². The minimum atomic E-state index is -0.726. The molecule has 1 aromatic carbocycles. The van der Waals surface area contributed by atoms with Crippen LogP contribution in [0.4, 0.5) is 5.69 Å². The van der Waals surface area contributed by atoms with E-state index in [0.29, 0.717) is 12.5 Å². The maximum atomic E-state index is 12.7. The monoisotopic (exact) mass is 388 g/mol. The van der Waals surface area contributed by atoms with Crippen LogP contribution in [0, 0.1) is 11.8 Å². The van der Waals surface area contributed by atoms with Crippen molar-refractivity contribution in [2.45, 2.75) is 58.5 Å². The van der Waals surface area contributed by atoms with E-state index in [1.54, 1.807) is 0 Å². The Morgan fingerprint density at radius 2 is 2.00 bits per heavy atom. The number of carbonyl (C=O) groups excluding carboxylic acids is 1. The minimum Gasteiger partial charge on any atom is -0.494 e. The summed E-state index contributed by atoms with van der Waals surface area (Å²) in [5.41, 5.74) is 0.0572. The molecule has 2 aliphatic rings. The van der Waals surface area contributed by atoms with E-state index in [-0.39, 0.29) is 5.91 Å². The molecule has 1 saturated heterocycles. The zero-order valence-corrected chi connectivity index (χ0v) is 17.7. The molecule has 1 aliphatic heterocycles. The summed E-state index contributed by atoms with van der Waals surface area (Å²) in [6.07, 6.45) is 5.85. The second-order valence-electron chi connectivity index (χ2n) is 8.54. The Kier molecular flexibility index (Phi) is 7.36. The Morgan fingerprint density at radius 3 is 2.64 bits per heavy atom. The summed E-state index contributed by atoms with van der Waals surface area (Å²) in [5, 5.41) is 3.00. The molecule has 156 valence electrons. The standard InChI is InChI=1S/C23H36N2O3/c1-4-28-23(3,19-8-9-19)22(26)24-20-10-12-21(13-11-20)27-16-6-15-25-14-5-7-18(2)17-25/h10-13,18-19H,4-9,14-17H2,1-3H3,(H,24,26). The maximum absolute atomic E-state index is 12.7. The summed E-state index contributed by atoms with van der Waals surface area (Å²) in [6, 6.07) is 7.65. The van der Waals surface area contributed by atoms with Gasteiger partial charge in [-0.15, -0.1) is 0 Å². The van der Waals surface area contributed by atoms with Crippen LogP contribution in [-0.4, -0.2) is 49.3 Å². The van der Waals surface area contributed by atoms with Crippen molar-refractivity contribution in [1.29, 1.82) is 0 Å². The Bertz CT molecular complexity index is 629. The number of carbonyl (C=O) groups is 1. The number of hydrogen-bond donors (Lipinski definition) is 1. The first kappa shape index (κ1) is 21.1. The molecule has 1 N–H and O–H groups in total. The molecule has 2 fully saturated rings. The summed E-state index contributed by atoms with van der Waals surface area (Å²) in [6.45, 7) is 11.0. The fraction of sp³-hybridized carbons (Fsp3) is 0.696. The van der Waals surface area contributed by atoms with Gasteiger partial charge in [0.25, 0.3) is 5.91 Å². The minimum absolute atomic E-state index is 0.0544. The van der Waals surface area contributed by atoms with Crippen molar-refractivity contribution in [3.63, 3.8) is 0 Å². The van der Waals surface area contributed by atoms with E-state index in [4.69, 9.17) is 9.47 Å². The lowest BCUT2D eigenvalue weighted by atomic mass is 9.99. The molecule has 0 spiro atoms. The number of hydrogen-bond acceptors (Lipinski definition) is 4. The first-order valence-corrected chi connectivity index (χ1v) is 10.9. The van der Waals surface area contributed by atoms with Crippen molar-refractivity contribution < 1.29 is 14.3 Å². The lowest BCUT2D eigenvalue weighted by Gasteiger charge is -2.30. The Morgan fingerprint density at radius 1 is 1.25 bits per heavy atom. The van der Waals surface area contributed by atoms with Gasteiger partial charge in [0, 0.05) is 25.4 Å². The largest absolute Gasteiger partial charge is 0.494 e. The number of likely N-dealkylation sites (tertiary alicyclic amines) is 1. The topological polar surface area (TPSA) is 50.8 Å². The van der Waals surface area contributed by atoms with Gasteiger partial charge in [-0.1, -0.05) is 6.92 Å². The van der Waals surface area contributed by atoms with E-state index in [1.165, 1.54) is 25.9 Å². The van der Waals surface area contributed by atoms with Crippen LogP contribution in [0.3, 0.4) is 0 Å². The molecule has 5 nitrogen and oxygen atoms in total. The Labute approximate surface area is 169 Å². The Balaban J connectivity index is 1.41. The van der Waals surface area contributed by atoms with Crippen molar-refractivity contribution in [1.82, 2.24) is 4.90 Å². The van der Waals surface area contributed by atoms with Gasteiger partial charge in [-0.25, -0.2) is 0 Å². The zero-order valence-electron chi connectivity index (χ0n) is 17.7. The van der Waals surface area contributed by atoms with Crippen molar-refractivity contribution in [3.05, 3.63) is 24.3 Å². The van der Waals surface area contributed by atoms with E-state index >= 15 is 0 Å². The maximum Gasteiger partial charge on any atom is 0.256 e. The second-order valence-corrected chi connectivity index (χ2v) is 8.54. The van der Waals surface area contributed by atoms with Crippen LogP contribution in [-0.2, 0) is 9.53 Å². The molecule has 0 radical (unpaired) electrons. The molecule has 1 amide bonds. The molecule has 0 aromatic heterocycles. The molecule has 28 heavy (non-hydrogen) atoms. The van der Waals surface area contributed by atoms with Gasteiger partial charge in [0.2, 0.25) is 0 Å². The van der Waals surface area contributed by atoms with Crippen molar-refractivity contribution in [2.75, 3.05) is 38.2 Å². The number of nitrogens with one attached hydrogen (secondary N) is 1. The Hall–Kier alpha value is -1.59. The third-order valence-corrected chi connectivity index (χ3v) is 5.99. The van der Waals surface area contributed by atoms with Gasteiger partial charge >= 0.3 is 0 Å². The van der Waals surface area contributed by atoms with Gasteiger partial charge < -0.3 is 19.7 Å². The summed E-state index contributed by atoms with van der Waals surface area (Å²) >= 11 is 0. The zero-order chi connectivity index (χ0) is 20.0. The van der Waals surface area contributed by atoms with E-state index < -0.39 is 5.60 Å². The molecule has 5 heteroatoms. The molecule has 1 heterocycles. The van der Waals surface area contributed by atoms with Crippen molar-refractivity contribution >= 4 is 11.6 Å². The molecular weight excluding hydrogens is 352 g/mol. The molecular formula is C23H36N2O3. The number of benzene rings is 1. The highest BCUT2D eigenvalue weighted by molar-refractivity contribution is 5.97. The number of nitrogens with zero attached hydrogens (tertiary/aromatic N) is 1. The number of piperidine rings is 1. The van der Waals surface area contributed by atoms with E-state index in [1.807, 2.05) is 38.1 Å². The lowest BCUT2D eigenvalue weighted by Crippen LogP contribution is -2.44. The average Bonchev–Trinajstić information content (AvgIpc) is 3.52. The third kappa shape index (κ3) is 5.71. The lowest BCUT2D eigenvalue weighted by molar-refractivity contribution is -0.141. The van der Waals surface area contributed by atoms with Gasteiger partial charge in [-0.2, -0.15) is 0 Å². The first-order chi connectivity index (χ1) is 13.5. The first-order valence-electron chi connectivity index (χ1n) is 10.9. The van der Waals surface area contributed by atoms with E-state index in [9.17, 15) is 4.79 Å². The molecule has 0 bridgehead atoms. The average molecular weight is 389 g/mol. The molecule has 1 saturated carbocycles. The molecule has 1 aromatic rings. The number of rotatable bonds is 10. The van der Waals surface area contributed by atoms with Crippen LogP contribution in [0.25, 0.3) is 0 Å². The normalized spacial score (nSPS) is 22.5. The van der Waals surface area contributed by atoms with Gasteiger partial charge in [0.15, 0.2) is 0 Å². The fourth-order valence-corrected chi connectivity index (χ4v) is 4.16. The highest BCUT2D eigenvalue weighted by Gasteiger charge is 2.48. The smallest absolute Gasteiger partial charge is 0.256 e. The number of amides is 1. The number of anilines is 1. The molecule has 1 aliphatic carbocycles. The molecule has 2 atom stereocenters. The van der Waals surface area contributed by atoms with E-state index in [2.05, 4.69) is 17.1 Å². The van der Waals surface area contributed by atoms with E-state index in [0.717, 1.165) is 49.8 Å². The van der Waals surface area contributed by atoms with Crippen molar-refractivity contribution in [3.8, 4) is 5.75 Å². The molecule has 2 unspecified atom stereocenters. The highest BCUT2D eigenvalue weighted by atomic mass is 16.5. The van der Waals surface area contributed by atoms with Crippen LogP contribution in [0.5, 0.6) is 5.75 Å². The second kappa shape index (κ2) is 9.75. The summed E-state index contributed by atoms with van der Waals surface area (Å²) < 4.78 is 11.7. The highest BCUT2D eigenvalue weighted by Crippen LogP contribution is 2.42. The number of ether oxygens (including phenoxy) is 2. The van der Waals surface area contributed by atoms with Crippen LogP contribution in [0.1, 0.15) is 52.9 Å².